The van der Waals surface area contributed by atoms with Crippen LogP contribution in [0.2, 0.25) is 0 Å². The van der Waals surface area contributed by atoms with E-state index in [9.17, 15) is 8.42 Å². The summed E-state index contributed by atoms with van der Waals surface area (Å²) in [6.07, 6.45) is 3.15. The molecule has 0 heterocycles. The molecule has 0 amide bonds. The summed E-state index contributed by atoms with van der Waals surface area (Å²) in [6.45, 7) is 2.65. The molecule has 0 aromatic carbocycles. The van der Waals surface area contributed by atoms with E-state index in [1.807, 2.05) is 6.92 Å². The molecule has 0 spiro atoms. The quantitative estimate of drug-likeness (QED) is 0.700. The van der Waals surface area contributed by atoms with E-state index in [0.29, 0.717) is 12.5 Å². The lowest BCUT2D eigenvalue weighted by Crippen LogP contribution is -2.35. The van der Waals surface area contributed by atoms with Crippen molar-refractivity contribution in [3.8, 4) is 0 Å². The molecule has 2 atom stereocenters. The molecule has 0 radical (unpaired) electrons. The number of hydrogen-bond donors (Lipinski definition) is 1. The van der Waals surface area contributed by atoms with Crippen molar-refractivity contribution < 1.29 is 8.42 Å². The van der Waals surface area contributed by atoms with Crippen molar-refractivity contribution in [2.24, 2.45) is 5.92 Å². The molecule has 3 nitrogen and oxygen atoms in total. The van der Waals surface area contributed by atoms with Gasteiger partial charge in [0.25, 0.3) is 0 Å². The zero-order chi connectivity index (χ0) is 9.41. The van der Waals surface area contributed by atoms with Crippen LogP contribution in [-0.4, -0.2) is 33.0 Å². The van der Waals surface area contributed by atoms with Crippen LogP contribution in [-0.2, 0) is 9.84 Å². The summed E-state index contributed by atoms with van der Waals surface area (Å²) in [4.78, 5) is 0. The standard InChI is InChI=1S/C8H17NO2S/c1-4-7-5-8(7,6-9-2)12(3,10)11/h7,9H,4-6H2,1-3H3. The minimum Gasteiger partial charge on any atom is -0.318 e. The Labute approximate surface area is 74.5 Å². The smallest absolute Gasteiger partial charge is 0.154 e. The van der Waals surface area contributed by atoms with Crippen LogP contribution in [0.15, 0.2) is 0 Å². The summed E-state index contributed by atoms with van der Waals surface area (Å²) < 4.78 is 22.4. The van der Waals surface area contributed by atoms with Gasteiger partial charge in [0, 0.05) is 12.8 Å². The van der Waals surface area contributed by atoms with E-state index in [-0.39, 0.29) is 0 Å². The van der Waals surface area contributed by atoms with E-state index < -0.39 is 14.6 Å². The zero-order valence-electron chi connectivity index (χ0n) is 7.92. The second-order valence-corrected chi connectivity index (χ2v) is 6.03. The fourth-order valence-corrected chi connectivity index (χ4v) is 3.66. The van der Waals surface area contributed by atoms with Gasteiger partial charge in [-0.1, -0.05) is 13.3 Å². The van der Waals surface area contributed by atoms with Gasteiger partial charge in [-0.15, -0.1) is 0 Å². The molecule has 1 aliphatic rings. The molecule has 0 saturated heterocycles. The number of sulfone groups is 1. The van der Waals surface area contributed by atoms with Crippen LogP contribution in [0.5, 0.6) is 0 Å². The van der Waals surface area contributed by atoms with E-state index in [0.717, 1.165) is 12.8 Å². The Bertz CT molecular complexity index is 260. The van der Waals surface area contributed by atoms with Gasteiger partial charge in [-0.25, -0.2) is 8.42 Å². The molecule has 4 heteroatoms. The Morgan fingerprint density at radius 2 is 2.17 bits per heavy atom. The molecule has 0 bridgehead atoms. The Morgan fingerprint density at radius 1 is 1.58 bits per heavy atom. The predicted molar refractivity (Wildman–Crippen MR) is 49.9 cm³/mol. The van der Waals surface area contributed by atoms with Crippen molar-refractivity contribution >= 4 is 9.84 Å². The van der Waals surface area contributed by atoms with Gasteiger partial charge in [0.1, 0.15) is 0 Å². The maximum absolute atomic E-state index is 11.4. The lowest BCUT2D eigenvalue weighted by atomic mass is 10.2. The van der Waals surface area contributed by atoms with Crippen LogP contribution in [0.25, 0.3) is 0 Å². The monoisotopic (exact) mass is 191 g/mol. The molecular weight excluding hydrogens is 174 g/mol. The van der Waals surface area contributed by atoms with Gasteiger partial charge in [-0.3, -0.25) is 0 Å². The normalized spacial score (nSPS) is 35.1. The highest BCUT2D eigenvalue weighted by Crippen LogP contribution is 2.51. The molecular formula is C8H17NO2S. The summed E-state index contributed by atoms with van der Waals surface area (Å²) in [5.41, 5.74) is 0. The van der Waals surface area contributed by atoms with Crippen LogP contribution >= 0.6 is 0 Å². The Balaban J connectivity index is 2.79. The van der Waals surface area contributed by atoms with Gasteiger partial charge < -0.3 is 5.32 Å². The summed E-state index contributed by atoms with van der Waals surface area (Å²) in [6, 6.07) is 0. The van der Waals surface area contributed by atoms with Gasteiger partial charge in [0.15, 0.2) is 9.84 Å². The average molecular weight is 191 g/mol. The maximum atomic E-state index is 11.4. The van der Waals surface area contributed by atoms with Crippen LogP contribution in [0.4, 0.5) is 0 Å². The van der Waals surface area contributed by atoms with Crippen LogP contribution in [0.1, 0.15) is 19.8 Å². The SMILES string of the molecule is CCC1CC1(CNC)S(C)(=O)=O. The van der Waals surface area contributed by atoms with Gasteiger partial charge >= 0.3 is 0 Å². The highest BCUT2D eigenvalue weighted by atomic mass is 32.2. The van der Waals surface area contributed by atoms with Crippen molar-refractivity contribution in [2.75, 3.05) is 19.8 Å². The molecule has 0 aliphatic heterocycles. The highest BCUT2D eigenvalue weighted by Gasteiger charge is 2.59. The first-order valence-corrected chi connectivity index (χ1v) is 6.21. The maximum Gasteiger partial charge on any atom is 0.154 e. The summed E-state index contributed by atoms with van der Waals surface area (Å²) in [5.74, 6) is 0.375. The fraction of sp³-hybridized carbons (Fsp3) is 1.00. The molecule has 0 aromatic heterocycles. The van der Waals surface area contributed by atoms with Crippen LogP contribution in [0, 0.1) is 5.92 Å². The van der Waals surface area contributed by atoms with Crippen molar-refractivity contribution in [3.05, 3.63) is 0 Å². The summed E-state index contributed by atoms with van der Waals surface area (Å²) in [7, 11) is -1.07. The van der Waals surface area contributed by atoms with E-state index in [4.69, 9.17) is 0 Å². The van der Waals surface area contributed by atoms with E-state index in [2.05, 4.69) is 5.32 Å². The van der Waals surface area contributed by atoms with Gasteiger partial charge in [0.2, 0.25) is 0 Å². The van der Waals surface area contributed by atoms with Crippen molar-refractivity contribution in [1.82, 2.24) is 5.32 Å². The van der Waals surface area contributed by atoms with Gasteiger partial charge in [0.05, 0.1) is 4.75 Å². The van der Waals surface area contributed by atoms with E-state index in [1.165, 1.54) is 6.26 Å². The lowest BCUT2D eigenvalue weighted by Gasteiger charge is -2.13. The van der Waals surface area contributed by atoms with Gasteiger partial charge in [-0.2, -0.15) is 0 Å². The molecule has 1 rings (SSSR count). The number of rotatable bonds is 4. The third kappa shape index (κ3) is 1.38. The molecule has 1 aliphatic carbocycles. The van der Waals surface area contributed by atoms with Crippen LogP contribution < -0.4 is 5.32 Å². The topological polar surface area (TPSA) is 46.2 Å². The first kappa shape index (κ1) is 9.99. The molecule has 2 unspecified atom stereocenters. The third-order valence-corrected chi connectivity index (χ3v) is 5.00. The summed E-state index contributed by atoms with van der Waals surface area (Å²) >= 11 is 0. The molecule has 72 valence electrons. The third-order valence-electron chi connectivity index (χ3n) is 2.88. The van der Waals surface area contributed by atoms with Gasteiger partial charge in [-0.05, 0) is 19.4 Å². The highest BCUT2D eigenvalue weighted by molar-refractivity contribution is 7.92. The second kappa shape index (κ2) is 3.00. The lowest BCUT2D eigenvalue weighted by molar-refractivity contribution is 0.559. The first-order valence-electron chi connectivity index (χ1n) is 4.32. The predicted octanol–water partition coefficient (Wildman–Crippen LogP) is 0.419. The largest absolute Gasteiger partial charge is 0.318 e. The van der Waals surface area contributed by atoms with E-state index in [1.54, 1.807) is 7.05 Å². The fourth-order valence-electron chi connectivity index (χ4n) is 1.98. The molecule has 0 aromatic rings. The number of nitrogens with one attached hydrogen (secondary N) is 1. The molecule has 12 heavy (non-hydrogen) atoms. The van der Waals surface area contributed by atoms with Crippen molar-refractivity contribution in [2.45, 2.75) is 24.5 Å². The van der Waals surface area contributed by atoms with Crippen LogP contribution in [0.3, 0.4) is 0 Å². The minimum atomic E-state index is -2.88. The zero-order valence-corrected chi connectivity index (χ0v) is 8.74. The average Bonchev–Trinajstić information content (AvgIpc) is 2.63. The van der Waals surface area contributed by atoms with Crippen molar-refractivity contribution in [1.29, 1.82) is 0 Å². The Morgan fingerprint density at radius 3 is 2.42 bits per heavy atom. The van der Waals surface area contributed by atoms with Crippen molar-refractivity contribution in [3.63, 3.8) is 0 Å². The molecule has 1 saturated carbocycles. The minimum absolute atomic E-state index is 0.375. The first-order chi connectivity index (χ1) is 5.48. The molecule has 1 fully saturated rings. The Kier molecular flexibility index (Phi) is 2.50. The van der Waals surface area contributed by atoms with E-state index >= 15 is 0 Å². The second-order valence-electron chi connectivity index (χ2n) is 3.68. The summed E-state index contributed by atoms with van der Waals surface area (Å²) in [5, 5.41) is 2.96. The number of hydrogen-bond acceptors (Lipinski definition) is 3. The Hall–Kier alpha value is -0.0900. The molecule has 1 N–H and O–H groups in total.